The van der Waals surface area contributed by atoms with Crippen LogP contribution in [0.1, 0.15) is 22.3 Å². The van der Waals surface area contributed by atoms with E-state index in [1.807, 2.05) is 18.3 Å². The molecule has 0 saturated heterocycles. The van der Waals surface area contributed by atoms with Crippen LogP contribution in [-0.2, 0) is 0 Å². The maximum atomic E-state index is 4.46. The number of aliphatic imine (C=N–C) groups is 1. The van der Waals surface area contributed by atoms with E-state index in [4.69, 9.17) is 0 Å². The summed E-state index contributed by atoms with van der Waals surface area (Å²) in [6.07, 6.45) is 5.43. The number of benzene rings is 1. The topological polar surface area (TPSA) is 25.2 Å². The van der Waals surface area contributed by atoms with Crippen molar-refractivity contribution in [1.29, 1.82) is 0 Å². The first-order valence-electron chi connectivity index (χ1n) is 5.69. The van der Waals surface area contributed by atoms with Gasteiger partial charge in [0.25, 0.3) is 0 Å². The minimum atomic E-state index is 0.930. The molecule has 0 unspecified atom stereocenters. The molecular weight excluding hydrogens is 208 g/mol. The van der Waals surface area contributed by atoms with Gasteiger partial charge in [0.05, 0.1) is 5.69 Å². The van der Waals surface area contributed by atoms with E-state index < -0.39 is 0 Å². The summed E-state index contributed by atoms with van der Waals surface area (Å²) in [6.45, 7) is 6.35. The summed E-state index contributed by atoms with van der Waals surface area (Å²) in [5.41, 5.74) is 5.95. The van der Waals surface area contributed by atoms with Crippen molar-refractivity contribution in [1.82, 2.24) is 4.98 Å². The monoisotopic (exact) mass is 224 g/mol. The predicted molar refractivity (Wildman–Crippen MR) is 72.1 cm³/mol. The molecule has 0 aliphatic rings. The van der Waals surface area contributed by atoms with E-state index in [0.717, 1.165) is 5.69 Å². The van der Waals surface area contributed by atoms with Crippen molar-refractivity contribution in [2.24, 2.45) is 4.99 Å². The van der Waals surface area contributed by atoms with E-state index >= 15 is 0 Å². The minimum absolute atomic E-state index is 0.930. The highest BCUT2D eigenvalue weighted by Crippen LogP contribution is 2.16. The lowest BCUT2D eigenvalue weighted by Crippen LogP contribution is -1.93. The molecule has 0 radical (unpaired) electrons. The largest absolute Gasteiger partial charge is 0.265 e. The minimum Gasteiger partial charge on any atom is -0.265 e. The molecule has 2 heteroatoms. The third-order valence-corrected chi connectivity index (χ3v) is 2.74. The number of pyridine rings is 1. The van der Waals surface area contributed by atoms with Gasteiger partial charge < -0.3 is 0 Å². The van der Waals surface area contributed by atoms with Gasteiger partial charge in [-0.2, -0.15) is 0 Å². The molecule has 1 aromatic heterocycles. The summed E-state index contributed by atoms with van der Waals surface area (Å²) < 4.78 is 0. The van der Waals surface area contributed by atoms with Crippen LogP contribution in [0, 0.1) is 20.8 Å². The second kappa shape index (κ2) is 4.91. The highest BCUT2D eigenvalue weighted by atomic mass is 14.7. The van der Waals surface area contributed by atoms with Crippen molar-refractivity contribution in [2.45, 2.75) is 20.8 Å². The Kier molecular flexibility index (Phi) is 3.33. The van der Waals surface area contributed by atoms with Crippen LogP contribution >= 0.6 is 0 Å². The molecule has 2 aromatic rings. The van der Waals surface area contributed by atoms with Gasteiger partial charge in [-0.1, -0.05) is 17.7 Å². The van der Waals surface area contributed by atoms with Crippen molar-refractivity contribution in [3.63, 3.8) is 0 Å². The van der Waals surface area contributed by atoms with Crippen LogP contribution in [-0.4, -0.2) is 11.2 Å². The lowest BCUT2D eigenvalue weighted by atomic mass is 10.0. The molecule has 0 aliphatic heterocycles. The van der Waals surface area contributed by atoms with E-state index in [0.29, 0.717) is 0 Å². The van der Waals surface area contributed by atoms with E-state index in [1.54, 1.807) is 12.4 Å². The smallest absolute Gasteiger partial charge is 0.0660 e. The Morgan fingerprint density at radius 3 is 2.18 bits per heavy atom. The Morgan fingerprint density at radius 1 is 1.00 bits per heavy atom. The summed E-state index contributed by atoms with van der Waals surface area (Å²) >= 11 is 0. The van der Waals surface area contributed by atoms with Crippen molar-refractivity contribution >= 4 is 11.9 Å². The van der Waals surface area contributed by atoms with Crippen molar-refractivity contribution < 1.29 is 0 Å². The zero-order chi connectivity index (χ0) is 12.3. The molecule has 0 saturated carbocycles. The van der Waals surface area contributed by atoms with Crippen LogP contribution in [0.25, 0.3) is 0 Å². The van der Waals surface area contributed by atoms with Crippen LogP contribution in [0.2, 0.25) is 0 Å². The fourth-order valence-corrected chi connectivity index (χ4v) is 1.96. The van der Waals surface area contributed by atoms with Crippen LogP contribution in [0.3, 0.4) is 0 Å². The molecule has 0 spiro atoms. The van der Waals surface area contributed by atoms with E-state index in [-0.39, 0.29) is 0 Å². The third-order valence-electron chi connectivity index (χ3n) is 2.74. The zero-order valence-electron chi connectivity index (χ0n) is 10.4. The first kappa shape index (κ1) is 11.5. The lowest BCUT2D eigenvalue weighted by molar-refractivity contribution is 1.30. The maximum Gasteiger partial charge on any atom is 0.0660 e. The SMILES string of the molecule is Cc1cc(C)c(C=Nc2ccncc2)c(C)c1. The fourth-order valence-electron chi connectivity index (χ4n) is 1.96. The van der Waals surface area contributed by atoms with Gasteiger partial charge in [0.1, 0.15) is 0 Å². The Morgan fingerprint density at radius 2 is 1.59 bits per heavy atom. The number of rotatable bonds is 2. The Balaban J connectivity index is 2.34. The number of aromatic nitrogens is 1. The van der Waals surface area contributed by atoms with Crippen LogP contribution in [0.4, 0.5) is 5.69 Å². The number of hydrogen-bond donors (Lipinski definition) is 0. The van der Waals surface area contributed by atoms with Gasteiger partial charge in [-0.25, -0.2) is 0 Å². The van der Waals surface area contributed by atoms with Gasteiger partial charge in [0.2, 0.25) is 0 Å². The Labute approximate surface area is 102 Å². The summed E-state index contributed by atoms with van der Waals surface area (Å²) in [6, 6.07) is 8.16. The Bertz CT molecular complexity index is 519. The number of nitrogens with zero attached hydrogens (tertiary/aromatic N) is 2. The molecule has 0 aliphatic carbocycles. The van der Waals surface area contributed by atoms with Crippen LogP contribution in [0.5, 0.6) is 0 Å². The van der Waals surface area contributed by atoms with Gasteiger partial charge in [-0.05, 0) is 49.6 Å². The van der Waals surface area contributed by atoms with Crippen LogP contribution in [0.15, 0.2) is 41.7 Å². The van der Waals surface area contributed by atoms with Gasteiger partial charge in [0, 0.05) is 18.6 Å². The normalized spacial score (nSPS) is 11.0. The van der Waals surface area contributed by atoms with E-state index in [2.05, 4.69) is 42.9 Å². The quantitative estimate of drug-likeness (QED) is 0.713. The standard InChI is InChI=1S/C15H16N2/c1-11-8-12(2)15(13(3)9-11)10-17-14-4-6-16-7-5-14/h4-10H,1-3H3. The van der Waals surface area contributed by atoms with Crippen molar-refractivity contribution in [3.05, 3.63) is 58.9 Å². The summed E-state index contributed by atoms with van der Waals surface area (Å²) in [5.74, 6) is 0. The molecule has 0 amide bonds. The molecule has 0 N–H and O–H groups in total. The first-order valence-corrected chi connectivity index (χ1v) is 5.69. The summed E-state index contributed by atoms with van der Waals surface area (Å²) in [4.78, 5) is 8.44. The van der Waals surface area contributed by atoms with Gasteiger partial charge in [0.15, 0.2) is 0 Å². The zero-order valence-corrected chi connectivity index (χ0v) is 10.4. The average molecular weight is 224 g/mol. The molecule has 1 aromatic carbocycles. The molecule has 1 heterocycles. The van der Waals surface area contributed by atoms with Crippen molar-refractivity contribution in [3.8, 4) is 0 Å². The molecule has 0 fully saturated rings. The third kappa shape index (κ3) is 2.78. The highest BCUT2D eigenvalue weighted by molar-refractivity contribution is 5.85. The molecule has 2 nitrogen and oxygen atoms in total. The fraction of sp³-hybridized carbons (Fsp3) is 0.200. The molecular formula is C15H16N2. The second-order valence-electron chi connectivity index (χ2n) is 4.28. The molecule has 0 atom stereocenters. The number of hydrogen-bond acceptors (Lipinski definition) is 2. The van der Waals surface area contributed by atoms with Gasteiger partial charge in [-0.3, -0.25) is 9.98 Å². The number of aryl methyl sites for hydroxylation is 3. The van der Waals surface area contributed by atoms with Gasteiger partial charge >= 0.3 is 0 Å². The van der Waals surface area contributed by atoms with Crippen molar-refractivity contribution in [2.75, 3.05) is 0 Å². The van der Waals surface area contributed by atoms with E-state index in [1.165, 1.54) is 22.3 Å². The maximum absolute atomic E-state index is 4.46. The lowest BCUT2D eigenvalue weighted by Gasteiger charge is -2.06. The second-order valence-corrected chi connectivity index (χ2v) is 4.28. The molecule has 2 rings (SSSR count). The molecule has 0 bridgehead atoms. The van der Waals surface area contributed by atoms with Gasteiger partial charge in [-0.15, -0.1) is 0 Å². The average Bonchev–Trinajstić information content (AvgIpc) is 2.29. The molecule has 86 valence electrons. The Hall–Kier alpha value is -1.96. The predicted octanol–water partition coefficient (Wildman–Crippen LogP) is 3.76. The summed E-state index contributed by atoms with van der Waals surface area (Å²) in [7, 11) is 0. The van der Waals surface area contributed by atoms with E-state index in [9.17, 15) is 0 Å². The highest BCUT2D eigenvalue weighted by Gasteiger charge is 2.00. The molecule has 17 heavy (non-hydrogen) atoms. The summed E-state index contributed by atoms with van der Waals surface area (Å²) in [5, 5.41) is 0. The first-order chi connectivity index (χ1) is 8.16. The van der Waals surface area contributed by atoms with Crippen LogP contribution < -0.4 is 0 Å².